The number of morpholine rings is 1. The maximum absolute atomic E-state index is 12.3. The Bertz CT molecular complexity index is 540. The molecule has 21 heavy (non-hydrogen) atoms. The topological polar surface area (TPSA) is 58.6 Å². The number of halogens is 1. The second kappa shape index (κ2) is 6.15. The molecule has 3 rings (SSSR count). The van der Waals surface area contributed by atoms with Crippen molar-refractivity contribution in [1.29, 1.82) is 0 Å². The SMILES string of the molecule is O=C(Nc1ccc(Br)cc1)C1CC1C(=O)N1CCOCC1. The van der Waals surface area contributed by atoms with Gasteiger partial charge in [0.2, 0.25) is 11.8 Å². The first-order chi connectivity index (χ1) is 10.1. The maximum Gasteiger partial charge on any atom is 0.228 e. The molecule has 1 aromatic carbocycles. The first-order valence-corrected chi connectivity index (χ1v) is 7.87. The van der Waals surface area contributed by atoms with Crippen molar-refractivity contribution >= 4 is 33.4 Å². The fourth-order valence-electron chi connectivity index (χ4n) is 2.54. The van der Waals surface area contributed by atoms with Gasteiger partial charge in [0.05, 0.1) is 25.0 Å². The lowest BCUT2D eigenvalue weighted by molar-refractivity contribution is -0.137. The standard InChI is InChI=1S/C15H17BrN2O3/c16-10-1-3-11(4-2-10)17-14(19)12-9-13(12)15(20)18-5-7-21-8-6-18/h1-4,12-13H,5-9H2,(H,17,19). The fraction of sp³-hybridized carbons (Fsp3) is 0.467. The number of hydrogen-bond acceptors (Lipinski definition) is 3. The highest BCUT2D eigenvalue weighted by atomic mass is 79.9. The molecule has 2 aliphatic rings. The summed E-state index contributed by atoms with van der Waals surface area (Å²) >= 11 is 3.35. The maximum atomic E-state index is 12.3. The summed E-state index contributed by atoms with van der Waals surface area (Å²) in [6, 6.07) is 7.42. The Balaban J connectivity index is 1.53. The zero-order chi connectivity index (χ0) is 14.8. The molecule has 2 fully saturated rings. The summed E-state index contributed by atoms with van der Waals surface area (Å²) in [5, 5.41) is 2.86. The van der Waals surface area contributed by atoms with Gasteiger partial charge >= 0.3 is 0 Å². The average molecular weight is 353 g/mol. The molecule has 1 aliphatic heterocycles. The smallest absolute Gasteiger partial charge is 0.228 e. The van der Waals surface area contributed by atoms with E-state index in [1.807, 2.05) is 24.3 Å². The van der Waals surface area contributed by atoms with Gasteiger partial charge in [0, 0.05) is 23.2 Å². The number of nitrogens with one attached hydrogen (secondary N) is 1. The first-order valence-electron chi connectivity index (χ1n) is 7.08. The van der Waals surface area contributed by atoms with Gasteiger partial charge in [-0.1, -0.05) is 15.9 Å². The highest BCUT2D eigenvalue weighted by Crippen LogP contribution is 2.41. The van der Waals surface area contributed by atoms with Gasteiger partial charge in [-0.2, -0.15) is 0 Å². The van der Waals surface area contributed by atoms with Crippen LogP contribution in [-0.4, -0.2) is 43.0 Å². The van der Waals surface area contributed by atoms with E-state index >= 15 is 0 Å². The molecule has 1 aliphatic carbocycles. The predicted molar refractivity (Wildman–Crippen MR) is 81.8 cm³/mol. The fourth-order valence-corrected chi connectivity index (χ4v) is 2.81. The summed E-state index contributed by atoms with van der Waals surface area (Å²) in [5.74, 6) is -0.319. The number of nitrogens with zero attached hydrogens (tertiary/aromatic N) is 1. The van der Waals surface area contributed by atoms with E-state index in [4.69, 9.17) is 4.74 Å². The van der Waals surface area contributed by atoms with E-state index in [2.05, 4.69) is 21.2 Å². The van der Waals surface area contributed by atoms with Crippen LogP contribution in [0.25, 0.3) is 0 Å². The molecule has 1 saturated heterocycles. The van der Waals surface area contributed by atoms with E-state index in [1.165, 1.54) is 0 Å². The van der Waals surface area contributed by atoms with Crippen LogP contribution in [0.5, 0.6) is 0 Å². The molecule has 1 N–H and O–H groups in total. The van der Waals surface area contributed by atoms with E-state index in [0.717, 1.165) is 10.2 Å². The van der Waals surface area contributed by atoms with Crippen molar-refractivity contribution in [3.63, 3.8) is 0 Å². The van der Waals surface area contributed by atoms with Crippen LogP contribution in [0.1, 0.15) is 6.42 Å². The molecule has 1 saturated carbocycles. The summed E-state index contributed by atoms with van der Waals surface area (Å²) in [7, 11) is 0. The molecule has 5 nitrogen and oxygen atoms in total. The normalized spacial score (nSPS) is 24.5. The third kappa shape index (κ3) is 3.44. The average Bonchev–Trinajstić information content (AvgIpc) is 3.30. The van der Waals surface area contributed by atoms with E-state index in [0.29, 0.717) is 32.7 Å². The van der Waals surface area contributed by atoms with Gasteiger partial charge in [0.1, 0.15) is 0 Å². The lowest BCUT2D eigenvalue weighted by Crippen LogP contribution is -2.42. The number of anilines is 1. The van der Waals surface area contributed by atoms with Gasteiger partial charge in [0.25, 0.3) is 0 Å². The Kier molecular flexibility index (Phi) is 4.26. The molecule has 0 aromatic heterocycles. The third-order valence-corrected chi connectivity index (χ3v) is 4.41. The van der Waals surface area contributed by atoms with Gasteiger partial charge < -0.3 is 15.0 Å². The Hall–Kier alpha value is -1.40. The zero-order valence-corrected chi connectivity index (χ0v) is 13.1. The van der Waals surface area contributed by atoms with Crippen molar-refractivity contribution in [1.82, 2.24) is 4.90 Å². The summed E-state index contributed by atoms with van der Waals surface area (Å²) in [6.07, 6.45) is 0.651. The number of ether oxygens (including phenoxy) is 1. The van der Waals surface area contributed by atoms with E-state index in [1.54, 1.807) is 4.90 Å². The predicted octanol–water partition coefficient (Wildman–Crippen LogP) is 1.88. The van der Waals surface area contributed by atoms with E-state index in [-0.39, 0.29) is 23.7 Å². The van der Waals surface area contributed by atoms with Crippen LogP contribution in [0.2, 0.25) is 0 Å². The van der Waals surface area contributed by atoms with Crippen molar-refractivity contribution in [2.75, 3.05) is 31.6 Å². The number of amides is 2. The minimum atomic E-state index is -0.191. The van der Waals surface area contributed by atoms with Crippen molar-refractivity contribution in [2.24, 2.45) is 11.8 Å². The largest absolute Gasteiger partial charge is 0.378 e. The summed E-state index contributed by atoms with van der Waals surface area (Å²) in [5.41, 5.74) is 0.757. The van der Waals surface area contributed by atoms with Gasteiger partial charge in [-0.3, -0.25) is 9.59 Å². The van der Waals surface area contributed by atoms with Crippen molar-refractivity contribution in [3.8, 4) is 0 Å². The van der Waals surface area contributed by atoms with Crippen LogP contribution in [0.15, 0.2) is 28.7 Å². The number of carbonyl (C=O) groups is 2. The Morgan fingerprint density at radius 3 is 2.48 bits per heavy atom. The molecule has 1 heterocycles. The molecule has 0 spiro atoms. The van der Waals surface area contributed by atoms with Crippen LogP contribution in [0.3, 0.4) is 0 Å². The van der Waals surface area contributed by atoms with E-state index < -0.39 is 0 Å². The van der Waals surface area contributed by atoms with Crippen LogP contribution in [-0.2, 0) is 14.3 Å². The van der Waals surface area contributed by atoms with Crippen LogP contribution < -0.4 is 5.32 Å². The molecule has 2 atom stereocenters. The Morgan fingerprint density at radius 1 is 1.14 bits per heavy atom. The number of hydrogen-bond donors (Lipinski definition) is 1. The minimum Gasteiger partial charge on any atom is -0.378 e. The lowest BCUT2D eigenvalue weighted by Gasteiger charge is -2.27. The molecule has 112 valence electrons. The van der Waals surface area contributed by atoms with Crippen molar-refractivity contribution < 1.29 is 14.3 Å². The van der Waals surface area contributed by atoms with E-state index in [9.17, 15) is 9.59 Å². The van der Waals surface area contributed by atoms with Gasteiger partial charge in [0.15, 0.2) is 0 Å². The third-order valence-electron chi connectivity index (χ3n) is 3.88. The summed E-state index contributed by atoms with van der Waals surface area (Å²) < 4.78 is 6.20. The molecular weight excluding hydrogens is 336 g/mol. The van der Waals surface area contributed by atoms with Crippen molar-refractivity contribution in [3.05, 3.63) is 28.7 Å². The lowest BCUT2D eigenvalue weighted by atomic mass is 10.2. The quantitative estimate of drug-likeness (QED) is 0.903. The Labute approximate surface area is 131 Å². The number of carbonyl (C=O) groups excluding carboxylic acids is 2. The molecule has 2 unspecified atom stereocenters. The molecule has 0 radical (unpaired) electrons. The van der Waals surface area contributed by atoms with Crippen LogP contribution >= 0.6 is 15.9 Å². The van der Waals surface area contributed by atoms with Gasteiger partial charge in [-0.25, -0.2) is 0 Å². The molecule has 6 heteroatoms. The van der Waals surface area contributed by atoms with Crippen LogP contribution in [0.4, 0.5) is 5.69 Å². The van der Waals surface area contributed by atoms with Crippen molar-refractivity contribution in [2.45, 2.75) is 6.42 Å². The Morgan fingerprint density at radius 2 is 1.81 bits per heavy atom. The number of rotatable bonds is 3. The monoisotopic (exact) mass is 352 g/mol. The molecule has 2 amide bonds. The van der Waals surface area contributed by atoms with Crippen LogP contribution in [0, 0.1) is 11.8 Å². The van der Waals surface area contributed by atoms with Gasteiger partial charge in [-0.15, -0.1) is 0 Å². The highest BCUT2D eigenvalue weighted by Gasteiger charge is 2.49. The number of benzene rings is 1. The second-order valence-electron chi connectivity index (χ2n) is 5.38. The van der Waals surface area contributed by atoms with Gasteiger partial charge in [-0.05, 0) is 30.7 Å². The minimum absolute atomic E-state index is 0.0658. The molecule has 0 bridgehead atoms. The zero-order valence-electron chi connectivity index (χ0n) is 11.5. The summed E-state index contributed by atoms with van der Waals surface area (Å²) in [6.45, 7) is 2.45. The molecule has 1 aromatic rings. The summed E-state index contributed by atoms with van der Waals surface area (Å²) in [4.78, 5) is 26.2. The highest BCUT2D eigenvalue weighted by molar-refractivity contribution is 9.10. The first kappa shape index (κ1) is 14.5. The second-order valence-corrected chi connectivity index (χ2v) is 6.30. The molecular formula is C15H17BrN2O3.